The number of hydrogen-bond donors (Lipinski definition) is 1. The molecule has 22 heavy (non-hydrogen) atoms. The minimum Gasteiger partial charge on any atom is -0.379 e. The fourth-order valence-electron chi connectivity index (χ4n) is 2.24. The van der Waals surface area contributed by atoms with Crippen LogP contribution >= 0.6 is 0 Å². The van der Waals surface area contributed by atoms with Crippen LogP contribution in [0, 0.1) is 0 Å². The molecule has 0 saturated carbocycles. The van der Waals surface area contributed by atoms with Crippen molar-refractivity contribution in [2.75, 3.05) is 39.5 Å². The lowest BCUT2D eigenvalue weighted by molar-refractivity contribution is -0.142. The third kappa shape index (κ3) is 4.23. The summed E-state index contributed by atoms with van der Waals surface area (Å²) >= 11 is 0. The molecule has 0 aliphatic carbocycles. The quantitative estimate of drug-likeness (QED) is 0.514. The van der Waals surface area contributed by atoms with Crippen molar-refractivity contribution in [1.29, 1.82) is 0 Å². The lowest BCUT2D eigenvalue weighted by atomic mass is 10.4. The SMILES string of the molecule is CCOC(OCC)c1cn(C(N2CCOCC2)[SH](=O)=O)nn1. The summed E-state index contributed by atoms with van der Waals surface area (Å²) in [5.41, 5.74) is -0.414. The van der Waals surface area contributed by atoms with E-state index in [4.69, 9.17) is 14.2 Å². The summed E-state index contributed by atoms with van der Waals surface area (Å²) in [5, 5.41) is 7.93. The van der Waals surface area contributed by atoms with E-state index in [0.717, 1.165) is 0 Å². The van der Waals surface area contributed by atoms with Crippen LogP contribution in [0.1, 0.15) is 31.3 Å². The molecule has 1 aliphatic rings. The average molecular weight is 334 g/mol. The molecule has 1 fully saturated rings. The zero-order valence-electron chi connectivity index (χ0n) is 12.8. The number of thiol groups is 1. The Kier molecular flexibility index (Phi) is 6.70. The Morgan fingerprint density at radius 3 is 2.45 bits per heavy atom. The van der Waals surface area contributed by atoms with E-state index >= 15 is 0 Å². The predicted molar refractivity (Wildman–Crippen MR) is 77.8 cm³/mol. The van der Waals surface area contributed by atoms with E-state index < -0.39 is 22.5 Å². The molecule has 2 rings (SSSR count). The second kappa shape index (κ2) is 8.53. The van der Waals surface area contributed by atoms with E-state index in [-0.39, 0.29) is 0 Å². The molecular formula is C12H22N4O5S. The van der Waals surface area contributed by atoms with Gasteiger partial charge in [-0.15, -0.1) is 5.10 Å². The Bertz CT molecular complexity index is 515. The maximum atomic E-state index is 11.6. The van der Waals surface area contributed by atoms with Gasteiger partial charge in [0.25, 0.3) is 0 Å². The molecule has 0 aromatic carbocycles. The first kappa shape index (κ1) is 17.3. The van der Waals surface area contributed by atoms with E-state index in [1.807, 2.05) is 13.8 Å². The number of rotatable bonds is 8. The zero-order chi connectivity index (χ0) is 15.9. The number of morpholine rings is 1. The highest BCUT2D eigenvalue weighted by Gasteiger charge is 2.27. The summed E-state index contributed by atoms with van der Waals surface area (Å²) in [7, 11) is -2.74. The van der Waals surface area contributed by atoms with Crippen molar-refractivity contribution in [3.63, 3.8) is 0 Å². The van der Waals surface area contributed by atoms with Gasteiger partial charge in [0.15, 0.2) is 10.7 Å². The monoisotopic (exact) mass is 334 g/mol. The molecule has 0 N–H and O–H groups in total. The van der Waals surface area contributed by atoms with Crippen molar-refractivity contribution < 1.29 is 22.6 Å². The second-order valence-corrected chi connectivity index (χ2v) is 5.68. The van der Waals surface area contributed by atoms with Gasteiger partial charge in [0.2, 0.25) is 11.8 Å². The van der Waals surface area contributed by atoms with Gasteiger partial charge in [-0.1, -0.05) is 5.21 Å². The molecular weight excluding hydrogens is 312 g/mol. The van der Waals surface area contributed by atoms with Crippen LogP contribution in [-0.4, -0.2) is 67.8 Å². The van der Waals surface area contributed by atoms with Gasteiger partial charge >= 0.3 is 0 Å². The molecule has 1 aromatic heterocycles. The van der Waals surface area contributed by atoms with E-state index in [9.17, 15) is 8.42 Å². The first-order valence-electron chi connectivity index (χ1n) is 7.27. The summed E-state index contributed by atoms with van der Waals surface area (Å²) in [6, 6.07) is 0. The van der Waals surface area contributed by atoms with Crippen LogP contribution in [0.4, 0.5) is 0 Å². The van der Waals surface area contributed by atoms with Gasteiger partial charge in [-0.25, -0.2) is 13.1 Å². The van der Waals surface area contributed by atoms with Crippen LogP contribution in [0.25, 0.3) is 0 Å². The Morgan fingerprint density at radius 2 is 1.91 bits per heavy atom. The zero-order valence-corrected chi connectivity index (χ0v) is 13.6. The van der Waals surface area contributed by atoms with Crippen molar-refractivity contribution in [3.8, 4) is 0 Å². The summed E-state index contributed by atoms with van der Waals surface area (Å²) in [5.74, 6) is 0. The number of nitrogens with zero attached hydrogens (tertiary/aromatic N) is 4. The normalized spacial score (nSPS) is 18.2. The fraction of sp³-hybridized carbons (Fsp3) is 0.833. The molecule has 0 bridgehead atoms. The average Bonchev–Trinajstić information content (AvgIpc) is 2.97. The molecule has 1 aromatic rings. The van der Waals surface area contributed by atoms with Gasteiger partial charge in [0.05, 0.1) is 19.4 Å². The number of aromatic nitrogens is 3. The van der Waals surface area contributed by atoms with E-state index in [1.165, 1.54) is 4.68 Å². The molecule has 9 nitrogen and oxygen atoms in total. The molecule has 2 heterocycles. The minimum absolute atomic E-state index is 0.457. The van der Waals surface area contributed by atoms with E-state index in [2.05, 4.69) is 10.3 Å². The Labute approximate surface area is 131 Å². The highest BCUT2D eigenvalue weighted by molar-refractivity contribution is 7.72. The highest BCUT2D eigenvalue weighted by atomic mass is 32.2. The smallest absolute Gasteiger partial charge is 0.206 e. The molecule has 0 radical (unpaired) electrons. The Balaban J connectivity index is 2.18. The van der Waals surface area contributed by atoms with E-state index in [0.29, 0.717) is 45.2 Å². The Hall–Kier alpha value is -1.07. The van der Waals surface area contributed by atoms with Crippen LogP contribution in [0.3, 0.4) is 0 Å². The predicted octanol–water partition coefficient (Wildman–Crippen LogP) is -0.251. The van der Waals surface area contributed by atoms with Gasteiger partial charge in [0.1, 0.15) is 5.69 Å². The molecule has 1 unspecified atom stereocenters. The Morgan fingerprint density at radius 1 is 1.27 bits per heavy atom. The van der Waals surface area contributed by atoms with Crippen molar-refractivity contribution in [2.24, 2.45) is 0 Å². The van der Waals surface area contributed by atoms with Crippen LogP contribution in [0.15, 0.2) is 6.20 Å². The molecule has 1 saturated heterocycles. The maximum absolute atomic E-state index is 11.6. The number of ether oxygens (including phenoxy) is 3. The molecule has 10 heteroatoms. The van der Waals surface area contributed by atoms with Crippen molar-refractivity contribution >= 4 is 10.7 Å². The van der Waals surface area contributed by atoms with Gasteiger partial charge in [-0.3, -0.25) is 4.90 Å². The van der Waals surface area contributed by atoms with Crippen LogP contribution in [0.5, 0.6) is 0 Å². The standard InChI is InChI=1S/C12H22N4O5S/c1-3-20-11(21-4-2)10-9-16(14-13-10)12(22(17)18)15-5-7-19-8-6-15/h9,11-12,22H,3-8H2,1-2H3. The first-order chi connectivity index (χ1) is 10.7. The van der Waals surface area contributed by atoms with Crippen molar-refractivity contribution in [3.05, 3.63) is 11.9 Å². The first-order valence-corrected chi connectivity index (χ1v) is 8.52. The van der Waals surface area contributed by atoms with Gasteiger partial charge in [0, 0.05) is 26.3 Å². The van der Waals surface area contributed by atoms with Gasteiger partial charge in [-0.2, -0.15) is 0 Å². The molecule has 1 aliphatic heterocycles. The van der Waals surface area contributed by atoms with Crippen LogP contribution < -0.4 is 0 Å². The molecule has 1 atom stereocenters. The minimum atomic E-state index is -2.74. The summed E-state index contributed by atoms with van der Waals surface area (Å²) < 4.78 is 40.7. The third-order valence-electron chi connectivity index (χ3n) is 3.20. The van der Waals surface area contributed by atoms with Crippen LogP contribution in [-0.2, 0) is 24.9 Å². The largest absolute Gasteiger partial charge is 0.379 e. The summed E-state index contributed by atoms with van der Waals surface area (Å²) in [6.07, 6.45) is 0.917. The lowest BCUT2D eigenvalue weighted by Gasteiger charge is -2.30. The lowest BCUT2D eigenvalue weighted by Crippen LogP contribution is -2.42. The van der Waals surface area contributed by atoms with Crippen LogP contribution in [0.2, 0.25) is 0 Å². The molecule has 0 amide bonds. The van der Waals surface area contributed by atoms with E-state index in [1.54, 1.807) is 11.1 Å². The topological polar surface area (TPSA) is 95.8 Å². The summed E-state index contributed by atoms with van der Waals surface area (Å²) in [4.78, 5) is 1.80. The fourth-order valence-corrected chi connectivity index (χ4v) is 3.04. The summed E-state index contributed by atoms with van der Waals surface area (Å²) in [6.45, 7) is 6.68. The van der Waals surface area contributed by atoms with Crippen molar-refractivity contribution in [1.82, 2.24) is 19.9 Å². The molecule has 0 spiro atoms. The molecule has 126 valence electrons. The van der Waals surface area contributed by atoms with Gasteiger partial charge < -0.3 is 14.2 Å². The second-order valence-electron chi connectivity index (χ2n) is 4.65. The third-order valence-corrected chi connectivity index (χ3v) is 4.14. The highest BCUT2D eigenvalue weighted by Crippen LogP contribution is 2.20. The van der Waals surface area contributed by atoms with Crippen molar-refractivity contribution in [2.45, 2.75) is 25.6 Å². The van der Waals surface area contributed by atoms with Gasteiger partial charge in [-0.05, 0) is 13.8 Å². The number of hydrogen-bond acceptors (Lipinski definition) is 8. The maximum Gasteiger partial charge on any atom is 0.206 e.